The number of benzene rings is 4. The lowest BCUT2D eigenvalue weighted by Gasteiger charge is -2.21. The highest BCUT2D eigenvalue weighted by Gasteiger charge is 2.42. The average Bonchev–Trinajstić information content (AvgIpc) is 3.29. The highest BCUT2D eigenvalue weighted by Crippen LogP contribution is 2.50. The highest BCUT2D eigenvalue weighted by molar-refractivity contribution is 7.90. The summed E-state index contributed by atoms with van der Waals surface area (Å²) in [5.41, 5.74) is -0.260. The van der Waals surface area contributed by atoms with E-state index in [9.17, 15) is 13.2 Å². The lowest BCUT2D eigenvalue weighted by atomic mass is 10.1. The molecule has 200 valence electrons. The Morgan fingerprint density at radius 3 is 2.28 bits per heavy atom. The second-order valence-corrected chi connectivity index (χ2v) is 13.1. The number of hydrogen-bond acceptors (Lipinski definition) is 6. The van der Waals surface area contributed by atoms with Gasteiger partial charge in [0.1, 0.15) is 0 Å². The quantitative estimate of drug-likeness (QED) is 0.162. The van der Waals surface area contributed by atoms with Crippen LogP contribution in [0.15, 0.2) is 95.9 Å². The molecule has 4 aromatic carbocycles. The second kappa shape index (κ2) is 10.6. The molecule has 0 bridgehead atoms. The maximum absolute atomic E-state index is 15.3. The molecule has 0 aliphatic heterocycles. The molecule has 10 heteroatoms. The Kier molecular flexibility index (Phi) is 7.40. The lowest BCUT2D eigenvalue weighted by Crippen LogP contribution is -2.28. The van der Waals surface area contributed by atoms with Crippen molar-refractivity contribution in [1.29, 1.82) is 0 Å². The third-order valence-corrected chi connectivity index (χ3v) is 10.9. The minimum Gasteiger partial charge on any atom is -0.461 e. The third kappa shape index (κ3) is 4.57. The van der Waals surface area contributed by atoms with Crippen LogP contribution in [0.4, 0.5) is 0 Å². The van der Waals surface area contributed by atoms with Crippen molar-refractivity contribution in [2.45, 2.75) is 18.7 Å². The molecule has 0 radical (unpaired) electrons. The molecule has 5 rings (SSSR count). The minimum absolute atomic E-state index is 0.0286. The zero-order valence-electron chi connectivity index (χ0n) is 21.2. The molecule has 1 unspecified atom stereocenters. The Labute approximate surface area is 231 Å². The fourth-order valence-electron chi connectivity index (χ4n) is 4.75. The van der Waals surface area contributed by atoms with Gasteiger partial charge in [-0.1, -0.05) is 66.2 Å². The number of ether oxygens (including phenoxy) is 1. The molecule has 0 saturated heterocycles. The maximum Gasteiger partial charge on any atom is 0.356 e. The van der Waals surface area contributed by atoms with E-state index in [1.807, 2.05) is 30.3 Å². The van der Waals surface area contributed by atoms with E-state index in [0.29, 0.717) is 10.7 Å². The topological polar surface area (TPSA) is 91.7 Å². The van der Waals surface area contributed by atoms with Gasteiger partial charge in [-0.05, 0) is 61.0 Å². The molecule has 0 fully saturated rings. The van der Waals surface area contributed by atoms with E-state index in [-0.39, 0.29) is 45.0 Å². The summed E-state index contributed by atoms with van der Waals surface area (Å²) in [4.78, 5) is 13.6. The van der Waals surface area contributed by atoms with Crippen LogP contribution in [-0.4, -0.2) is 31.6 Å². The number of carbonyl (C=O) groups is 1. The Hall–Kier alpha value is -3.42. The molecule has 1 aromatic heterocycles. The van der Waals surface area contributed by atoms with E-state index < -0.39 is 23.4 Å². The number of hydrogen-bond donors (Lipinski definition) is 0. The molecule has 1 atom stereocenters. The van der Waals surface area contributed by atoms with Crippen LogP contribution in [-0.2, 0) is 23.8 Å². The molecule has 0 spiro atoms. The maximum atomic E-state index is 15.3. The summed E-state index contributed by atoms with van der Waals surface area (Å²) >= 11 is 6.39. The van der Waals surface area contributed by atoms with Gasteiger partial charge in [-0.3, -0.25) is 4.57 Å². The van der Waals surface area contributed by atoms with Crippen molar-refractivity contribution >= 4 is 67.2 Å². The van der Waals surface area contributed by atoms with E-state index in [2.05, 4.69) is 0 Å². The molecule has 0 saturated carbocycles. The van der Waals surface area contributed by atoms with Gasteiger partial charge < -0.3 is 9.26 Å². The van der Waals surface area contributed by atoms with Crippen LogP contribution in [0.5, 0.6) is 0 Å². The fourth-order valence-corrected chi connectivity index (χ4v) is 9.16. The van der Waals surface area contributed by atoms with Gasteiger partial charge in [-0.2, -0.15) is 0 Å². The molecule has 39 heavy (non-hydrogen) atoms. The smallest absolute Gasteiger partial charge is 0.356 e. The van der Waals surface area contributed by atoms with Crippen molar-refractivity contribution in [1.82, 2.24) is 3.97 Å². The molecule has 0 amide bonds. The van der Waals surface area contributed by atoms with Gasteiger partial charge >= 0.3 is 5.97 Å². The van der Waals surface area contributed by atoms with Crippen LogP contribution >= 0.6 is 19.0 Å². The van der Waals surface area contributed by atoms with Crippen LogP contribution < -0.4 is 10.6 Å². The first kappa shape index (κ1) is 27.2. The molecular formula is C29H25ClNO6PS. The summed E-state index contributed by atoms with van der Waals surface area (Å²) in [7, 11) is -8.49. The Morgan fingerprint density at radius 2 is 1.56 bits per heavy atom. The number of aromatic nitrogens is 1. The predicted octanol–water partition coefficient (Wildman–Crippen LogP) is 6.13. The third-order valence-electron chi connectivity index (χ3n) is 6.30. The molecule has 7 nitrogen and oxygen atoms in total. The number of carbonyl (C=O) groups excluding carboxylic acids is 1. The SMILES string of the molecule is CCOC(=O)c1c(P(=O)(OCC)c2cccc3ccccc23)c2cc(Cl)ccc2n1S(=O)(=O)c1ccccc1. The van der Waals surface area contributed by atoms with E-state index in [0.717, 1.165) is 9.36 Å². The van der Waals surface area contributed by atoms with Gasteiger partial charge in [-0.15, -0.1) is 0 Å². The molecule has 0 aliphatic rings. The number of halogens is 1. The first-order valence-electron chi connectivity index (χ1n) is 12.3. The van der Waals surface area contributed by atoms with E-state index in [1.165, 1.54) is 30.3 Å². The monoisotopic (exact) mass is 581 g/mol. The summed E-state index contributed by atoms with van der Waals surface area (Å²) in [6.07, 6.45) is 0. The standard InChI is InChI=1S/C29H25ClNO6PS/c1-3-36-29(32)27-28(38(33,37-4-2)26-16-10-12-20-11-8-9-15-23(20)26)24-19-21(30)17-18-25(24)31(27)39(34,35)22-13-6-5-7-14-22/h5-19H,3-4H2,1-2H3. The van der Waals surface area contributed by atoms with Gasteiger partial charge in [-0.25, -0.2) is 17.2 Å². The van der Waals surface area contributed by atoms with Crippen molar-refractivity contribution in [3.8, 4) is 0 Å². The molecule has 5 aromatic rings. The average molecular weight is 582 g/mol. The normalized spacial score (nSPS) is 13.4. The van der Waals surface area contributed by atoms with Crippen LogP contribution in [0.3, 0.4) is 0 Å². The lowest BCUT2D eigenvalue weighted by molar-refractivity contribution is 0.0520. The Bertz CT molecular complexity index is 1860. The van der Waals surface area contributed by atoms with E-state index in [4.69, 9.17) is 20.9 Å². The Balaban J connectivity index is 1.99. The van der Waals surface area contributed by atoms with Crippen molar-refractivity contribution in [2.24, 2.45) is 0 Å². The van der Waals surface area contributed by atoms with Crippen molar-refractivity contribution < 1.29 is 27.0 Å². The number of nitrogens with zero attached hydrogens (tertiary/aromatic N) is 1. The zero-order valence-corrected chi connectivity index (χ0v) is 23.7. The van der Waals surface area contributed by atoms with Gasteiger partial charge in [0.15, 0.2) is 5.69 Å². The first-order chi connectivity index (χ1) is 18.7. The van der Waals surface area contributed by atoms with Gasteiger partial charge in [0.2, 0.25) is 0 Å². The first-order valence-corrected chi connectivity index (χ1v) is 15.7. The number of fused-ring (bicyclic) bond motifs is 2. The van der Waals surface area contributed by atoms with E-state index >= 15 is 4.57 Å². The largest absolute Gasteiger partial charge is 0.461 e. The zero-order chi connectivity index (χ0) is 27.8. The predicted molar refractivity (Wildman–Crippen MR) is 154 cm³/mol. The summed E-state index contributed by atoms with van der Waals surface area (Å²) in [6, 6.07) is 24.9. The van der Waals surface area contributed by atoms with Crippen LogP contribution in [0.2, 0.25) is 5.02 Å². The second-order valence-electron chi connectivity index (χ2n) is 8.63. The number of rotatable bonds is 8. The summed E-state index contributed by atoms with van der Waals surface area (Å²) in [5, 5.41) is 2.22. The van der Waals surface area contributed by atoms with Crippen LogP contribution in [0, 0.1) is 0 Å². The highest BCUT2D eigenvalue weighted by atomic mass is 35.5. The van der Waals surface area contributed by atoms with Crippen LogP contribution in [0.25, 0.3) is 21.7 Å². The summed E-state index contributed by atoms with van der Waals surface area (Å²) in [5.74, 6) is -0.945. The molecule has 0 N–H and O–H groups in total. The summed E-state index contributed by atoms with van der Waals surface area (Å²) in [6.45, 7) is 3.30. The van der Waals surface area contributed by atoms with Crippen LogP contribution in [0.1, 0.15) is 24.3 Å². The van der Waals surface area contributed by atoms with Crippen molar-refractivity contribution in [2.75, 3.05) is 13.2 Å². The van der Waals surface area contributed by atoms with Gasteiger partial charge in [0.05, 0.1) is 28.9 Å². The van der Waals surface area contributed by atoms with Gasteiger partial charge in [0.25, 0.3) is 17.4 Å². The Morgan fingerprint density at radius 1 is 0.872 bits per heavy atom. The summed E-state index contributed by atoms with van der Waals surface area (Å²) < 4.78 is 55.8. The number of esters is 1. The van der Waals surface area contributed by atoms with Crippen molar-refractivity contribution in [3.63, 3.8) is 0 Å². The van der Waals surface area contributed by atoms with Gasteiger partial charge in [0, 0.05) is 15.7 Å². The molecule has 0 aliphatic carbocycles. The van der Waals surface area contributed by atoms with Crippen molar-refractivity contribution in [3.05, 3.63) is 102 Å². The molecular weight excluding hydrogens is 557 g/mol. The van der Waals surface area contributed by atoms with E-state index in [1.54, 1.807) is 44.2 Å². The molecule has 1 heterocycles. The fraction of sp³-hybridized carbons (Fsp3) is 0.138. The minimum atomic E-state index is -4.36.